The third kappa shape index (κ3) is 4.77. The van der Waals surface area contributed by atoms with E-state index in [1.165, 1.54) is 25.3 Å². The van der Waals surface area contributed by atoms with E-state index >= 15 is 0 Å². The minimum atomic E-state index is -5.22. The molecule has 1 saturated carbocycles. The molecule has 1 aliphatic carbocycles. The topological polar surface area (TPSA) is 136 Å². The molecule has 4 rings (SSSR count). The number of fused-ring (bicyclic) bond motifs is 1. The van der Waals surface area contributed by atoms with Gasteiger partial charge in [-0.1, -0.05) is 11.6 Å². The summed E-state index contributed by atoms with van der Waals surface area (Å²) in [5.41, 5.74) is 0.671. The summed E-state index contributed by atoms with van der Waals surface area (Å²) in [7, 11) is 1.35. The van der Waals surface area contributed by atoms with Crippen molar-refractivity contribution in [3.8, 4) is 17.2 Å². The first-order valence-corrected chi connectivity index (χ1v) is 11.4. The number of amides is 1. The van der Waals surface area contributed by atoms with Crippen molar-refractivity contribution in [1.82, 2.24) is 10.3 Å². The first kappa shape index (κ1) is 26.3. The number of pyridine rings is 1. The molecule has 196 valence electrons. The molecule has 2 atom stereocenters. The Hall–Kier alpha value is -2.80. The first-order valence-electron chi connectivity index (χ1n) is 11.0. The highest BCUT2D eigenvalue weighted by atomic mass is 35.5. The van der Waals surface area contributed by atoms with E-state index in [1.54, 1.807) is 6.92 Å². The largest absolute Gasteiger partial charge is 0.493 e. The smallest absolute Gasteiger partial charge is 0.424 e. The average molecular weight is 532 g/mol. The number of ether oxygens (including phenoxy) is 3. The third-order valence-electron chi connectivity index (χ3n) is 6.25. The van der Waals surface area contributed by atoms with Crippen LogP contribution >= 0.6 is 11.6 Å². The van der Waals surface area contributed by atoms with Crippen LogP contribution in [0.5, 0.6) is 17.2 Å². The van der Waals surface area contributed by atoms with Crippen molar-refractivity contribution in [3.63, 3.8) is 0 Å². The Morgan fingerprint density at radius 2 is 2.03 bits per heavy atom. The number of methoxy groups -OCH3 is 1. The van der Waals surface area contributed by atoms with Gasteiger partial charge in [-0.25, -0.2) is 4.98 Å². The molecule has 1 fully saturated rings. The van der Waals surface area contributed by atoms with Gasteiger partial charge in [0.1, 0.15) is 12.7 Å². The molecule has 0 saturated heterocycles. The van der Waals surface area contributed by atoms with E-state index in [1.807, 2.05) is 0 Å². The molecular weight excluding hydrogens is 507 g/mol. The molecule has 0 spiro atoms. The van der Waals surface area contributed by atoms with E-state index in [0.29, 0.717) is 18.6 Å². The molecule has 2 aliphatic rings. The van der Waals surface area contributed by atoms with Gasteiger partial charge in [0, 0.05) is 24.0 Å². The fraction of sp³-hybridized carbons (Fsp3) is 0.478. The molecule has 2 aromatic rings. The lowest BCUT2D eigenvalue weighted by atomic mass is 9.91. The summed E-state index contributed by atoms with van der Waals surface area (Å²) in [4.78, 5) is 16.4. The summed E-state index contributed by atoms with van der Waals surface area (Å²) in [6.45, 7) is 0.262. The number of nitrogens with zero attached hydrogens (tertiary/aromatic N) is 1. The Labute approximate surface area is 209 Å². The summed E-state index contributed by atoms with van der Waals surface area (Å²) in [5.74, 6) is -0.350. The minimum Gasteiger partial charge on any atom is -0.493 e. The first-order chi connectivity index (χ1) is 16.7. The number of hydrogen-bond donors (Lipinski definition) is 4. The standard InChI is InChI=1S/C23H25ClF3N3O6/c1-21(28)10-35-18-14(21)8-17(30-19(18)24)22(33,23(25,26)27)9-29-20(32)11-3-4-15(16(5-11)34-2)36-13-6-12(31)7-13/h3-5,8,12-13,31,33H,6-7,9-10,28H2,1-2H3,(H,29,32). The second kappa shape index (κ2) is 9.25. The van der Waals surface area contributed by atoms with Crippen molar-refractivity contribution in [2.24, 2.45) is 5.73 Å². The van der Waals surface area contributed by atoms with Crippen LogP contribution < -0.4 is 25.3 Å². The third-order valence-corrected chi connectivity index (χ3v) is 6.51. The molecule has 36 heavy (non-hydrogen) atoms. The molecule has 1 aromatic heterocycles. The van der Waals surface area contributed by atoms with Gasteiger partial charge in [-0.05, 0) is 31.2 Å². The number of aliphatic hydroxyl groups is 2. The lowest BCUT2D eigenvalue weighted by molar-refractivity contribution is -0.265. The number of hydrogen-bond acceptors (Lipinski definition) is 8. The summed E-state index contributed by atoms with van der Waals surface area (Å²) in [6, 6.07) is 5.07. The molecule has 1 aromatic carbocycles. The molecule has 13 heteroatoms. The number of halogens is 4. The monoisotopic (exact) mass is 531 g/mol. The highest BCUT2D eigenvalue weighted by Gasteiger charge is 2.57. The van der Waals surface area contributed by atoms with Crippen LogP contribution in [0, 0.1) is 0 Å². The predicted molar refractivity (Wildman–Crippen MR) is 121 cm³/mol. The van der Waals surface area contributed by atoms with Crippen LogP contribution in [0.25, 0.3) is 0 Å². The Morgan fingerprint density at radius 1 is 1.33 bits per heavy atom. The number of alkyl halides is 3. The Kier molecular flexibility index (Phi) is 6.75. The van der Waals surface area contributed by atoms with Gasteiger partial charge in [0.25, 0.3) is 5.91 Å². The summed E-state index contributed by atoms with van der Waals surface area (Å²) < 4.78 is 58.5. The lowest BCUT2D eigenvalue weighted by Crippen LogP contribution is -2.51. The fourth-order valence-corrected chi connectivity index (χ4v) is 4.19. The number of benzene rings is 1. The predicted octanol–water partition coefficient (Wildman–Crippen LogP) is 2.39. The van der Waals surface area contributed by atoms with Crippen LogP contribution in [0.2, 0.25) is 5.15 Å². The Bertz CT molecular complexity index is 1170. The van der Waals surface area contributed by atoms with Gasteiger partial charge in [0.2, 0.25) is 5.60 Å². The second-order valence-corrected chi connectivity index (χ2v) is 9.51. The Balaban J connectivity index is 1.56. The van der Waals surface area contributed by atoms with Gasteiger partial charge < -0.3 is 35.5 Å². The van der Waals surface area contributed by atoms with Crippen LogP contribution in [0.1, 0.15) is 41.4 Å². The minimum absolute atomic E-state index is 0.0275. The van der Waals surface area contributed by atoms with E-state index in [2.05, 4.69) is 10.3 Å². The van der Waals surface area contributed by atoms with Crippen molar-refractivity contribution < 1.29 is 42.4 Å². The van der Waals surface area contributed by atoms with Crippen LogP contribution in [-0.2, 0) is 11.1 Å². The number of rotatable bonds is 7. The van der Waals surface area contributed by atoms with Crippen LogP contribution in [0.4, 0.5) is 13.2 Å². The number of aliphatic hydroxyl groups excluding tert-OH is 1. The lowest BCUT2D eigenvalue weighted by Gasteiger charge is -2.32. The van der Waals surface area contributed by atoms with Crippen molar-refractivity contribution in [2.45, 2.75) is 49.3 Å². The van der Waals surface area contributed by atoms with Crippen LogP contribution in [0.15, 0.2) is 24.3 Å². The van der Waals surface area contributed by atoms with Gasteiger partial charge in [0.15, 0.2) is 22.4 Å². The van der Waals surface area contributed by atoms with Crippen molar-refractivity contribution in [1.29, 1.82) is 0 Å². The SMILES string of the molecule is COc1cc(C(=O)NCC(O)(c2cc3c(c(Cl)n2)OCC3(C)N)C(F)(F)F)ccc1OC1CC(O)C1. The van der Waals surface area contributed by atoms with E-state index < -0.39 is 41.6 Å². The molecule has 1 amide bonds. The van der Waals surface area contributed by atoms with Gasteiger partial charge in [-0.3, -0.25) is 4.79 Å². The summed E-state index contributed by atoms with van der Waals surface area (Å²) in [5, 5.41) is 21.9. The zero-order valence-electron chi connectivity index (χ0n) is 19.4. The molecular formula is C23H25ClF3N3O6. The molecule has 0 radical (unpaired) electrons. The fourth-order valence-electron chi connectivity index (χ4n) is 3.94. The number of carbonyl (C=O) groups is 1. The van der Waals surface area contributed by atoms with Crippen LogP contribution in [0.3, 0.4) is 0 Å². The summed E-state index contributed by atoms with van der Waals surface area (Å²) >= 11 is 6.03. The van der Waals surface area contributed by atoms with E-state index in [0.717, 1.165) is 6.07 Å². The van der Waals surface area contributed by atoms with Crippen LogP contribution in [-0.4, -0.2) is 59.7 Å². The number of carbonyl (C=O) groups excluding carboxylic acids is 1. The molecule has 1 aliphatic heterocycles. The van der Waals surface area contributed by atoms with Gasteiger partial charge in [-0.15, -0.1) is 0 Å². The maximum atomic E-state index is 14.1. The highest BCUT2D eigenvalue weighted by molar-refractivity contribution is 6.31. The van der Waals surface area contributed by atoms with Crippen molar-refractivity contribution in [2.75, 3.05) is 20.3 Å². The zero-order valence-corrected chi connectivity index (χ0v) is 20.1. The van der Waals surface area contributed by atoms with Crippen molar-refractivity contribution in [3.05, 3.63) is 46.2 Å². The molecule has 5 N–H and O–H groups in total. The van der Waals surface area contributed by atoms with E-state index in [4.69, 9.17) is 31.5 Å². The zero-order chi connectivity index (χ0) is 26.5. The van der Waals surface area contributed by atoms with Crippen molar-refractivity contribution >= 4 is 17.5 Å². The highest BCUT2D eigenvalue weighted by Crippen LogP contribution is 2.45. The average Bonchev–Trinajstić information content (AvgIpc) is 3.10. The molecule has 2 heterocycles. The van der Waals surface area contributed by atoms with Gasteiger partial charge >= 0.3 is 6.18 Å². The molecule has 2 unspecified atom stereocenters. The van der Waals surface area contributed by atoms with Gasteiger partial charge in [-0.2, -0.15) is 13.2 Å². The molecule has 0 bridgehead atoms. The summed E-state index contributed by atoms with van der Waals surface area (Å²) in [6.07, 6.45) is -4.95. The normalized spacial score (nSPS) is 24.7. The van der Waals surface area contributed by atoms with Gasteiger partial charge in [0.05, 0.1) is 31.0 Å². The Morgan fingerprint density at radius 3 is 2.64 bits per heavy atom. The molecule has 9 nitrogen and oxygen atoms in total. The maximum Gasteiger partial charge on any atom is 0.424 e. The number of nitrogens with one attached hydrogen (secondary N) is 1. The number of nitrogens with two attached hydrogens (primary N) is 1. The van der Waals surface area contributed by atoms with E-state index in [-0.39, 0.29) is 40.5 Å². The van der Waals surface area contributed by atoms with E-state index in [9.17, 15) is 28.2 Å². The quantitative estimate of drug-likeness (QED) is 0.400. The maximum absolute atomic E-state index is 14.1. The second-order valence-electron chi connectivity index (χ2n) is 9.15. The number of aromatic nitrogens is 1.